The van der Waals surface area contributed by atoms with Crippen LogP contribution >= 0.6 is 39.3 Å². The summed E-state index contributed by atoms with van der Waals surface area (Å²) in [5, 5.41) is 9.72. The smallest absolute Gasteiger partial charge is 0.251 e. The highest BCUT2D eigenvalue weighted by atomic mass is 79.9. The van der Waals surface area contributed by atoms with Gasteiger partial charge in [-0.3, -0.25) is 14.4 Å². The first-order valence-electron chi connectivity index (χ1n) is 13.0. The lowest BCUT2D eigenvalue weighted by Crippen LogP contribution is -2.56. The highest BCUT2D eigenvalue weighted by molar-refractivity contribution is 9.09. The van der Waals surface area contributed by atoms with Crippen molar-refractivity contribution < 1.29 is 19.5 Å². The number of alkyl halides is 1. The Morgan fingerprint density at radius 1 is 1.18 bits per heavy atom. The second-order valence-electron chi connectivity index (χ2n) is 10.2. The van der Waals surface area contributed by atoms with E-state index < -0.39 is 22.6 Å². The zero-order chi connectivity index (χ0) is 27.6. The molecule has 3 fully saturated rings. The van der Waals surface area contributed by atoms with Crippen LogP contribution in [0, 0.1) is 11.8 Å². The monoisotopic (exact) mass is 623 g/mol. The van der Waals surface area contributed by atoms with Gasteiger partial charge >= 0.3 is 0 Å². The summed E-state index contributed by atoms with van der Waals surface area (Å²) in [4.78, 5) is 47.3. The van der Waals surface area contributed by atoms with Crippen LogP contribution in [0.2, 0.25) is 5.02 Å². The molecular weight excluding hydrogens is 590 g/mol. The predicted octanol–water partition coefficient (Wildman–Crippen LogP) is 4.13. The normalized spacial score (nSPS) is 29.3. The molecular formula is C28H35BrClN3O4S. The van der Waals surface area contributed by atoms with E-state index in [2.05, 4.69) is 29.1 Å². The molecule has 10 heteroatoms. The number of anilines is 1. The molecule has 3 unspecified atom stereocenters. The molecule has 0 radical (unpaired) electrons. The Kier molecular flexibility index (Phi) is 9.33. The molecule has 0 saturated carbocycles. The average molecular weight is 625 g/mol. The molecule has 206 valence electrons. The van der Waals surface area contributed by atoms with Crippen molar-refractivity contribution in [3.63, 3.8) is 0 Å². The van der Waals surface area contributed by atoms with Crippen molar-refractivity contribution in [1.82, 2.24) is 9.80 Å². The van der Waals surface area contributed by atoms with Gasteiger partial charge in [0.25, 0.3) is 5.91 Å². The Bertz CT molecular complexity index is 1090. The van der Waals surface area contributed by atoms with Crippen molar-refractivity contribution in [3.8, 4) is 0 Å². The fraction of sp³-hybridized carbons (Fsp3) is 0.536. The first-order chi connectivity index (χ1) is 18.2. The van der Waals surface area contributed by atoms with Crippen LogP contribution in [-0.2, 0) is 14.4 Å². The van der Waals surface area contributed by atoms with Crippen molar-refractivity contribution in [2.24, 2.45) is 11.8 Å². The number of likely N-dealkylation sites (tertiary alicyclic amines) is 1. The van der Waals surface area contributed by atoms with Gasteiger partial charge in [0.15, 0.2) is 0 Å². The Morgan fingerprint density at radius 3 is 2.50 bits per heavy atom. The fourth-order valence-corrected chi connectivity index (χ4v) is 9.99. The van der Waals surface area contributed by atoms with Crippen molar-refractivity contribution >= 4 is 62.7 Å². The molecule has 6 atom stereocenters. The van der Waals surface area contributed by atoms with Crippen LogP contribution in [0.5, 0.6) is 0 Å². The Labute approximate surface area is 242 Å². The number of benzene rings is 1. The average Bonchev–Trinajstić information content (AvgIpc) is 3.48. The van der Waals surface area contributed by atoms with Gasteiger partial charge in [0.1, 0.15) is 6.04 Å². The van der Waals surface area contributed by atoms with Gasteiger partial charge in [-0.1, -0.05) is 39.7 Å². The van der Waals surface area contributed by atoms with Crippen LogP contribution < -0.4 is 4.90 Å². The number of carbonyl (C=O) groups excluding carboxylic acids is 3. The lowest BCUT2D eigenvalue weighted by Gasteiger charge is -2.38. The number of halogens is 2. The number of fused-ring (bicyclic) bond motifs is 1. The minimum absolute atomic E-state index is 0.00987. The van der Waals surface area contributed by atoms with Crippen molar-refractivity contribution in [1.29, 1.82) is 0 Å². The molecule has 3 amide bonds. The van der Waals surface area contributed by atoms with Gasteiger partial charge in [-0.2, -0.15) is 0 Å². The van der Waals surface area contributed by atoms with Gasteiger partial charge in [0, 0.05) is 54.1 Å². The number of nitrogens with zero attached hydrogens (tertiary/aromatic N) is 3. The summed E-state index contributed by atoms with van der Waals surface area (Å²) >= 11 is 11.6. The van der Waals surface area contributed by atoms with E-state index in [1.165, 1.54) is 0 Å². The summed E-state index contributed by atoms with van der Waals surface area (Å²) in [5.41, 5.74) is 0.679. The zero-order valence-corrected chi connectivity index (χ0v) is 24.8. The summed E-state index contributed by atoms with van der Waals surface area (Å²) in [5.74, 6) is -1.47. The number of rotatable bonds is 12. The third-order valence-electron chi connectivity index (χ3n) is 7.86. The van der Waals surface area contributed by atoms with Gasteiger partial charge in [-0.15, -0.1) is 24.9 Å². The number of likely N-dealkylation sites (N-methyl/N-ethyl adjacent to an activating group) is 1. The number of thioether (sulfide) groups is 1. The molecule has 3 aliphatic rings. The number of hydrogen-bond acceptors (Lipinski definition) is 5. The van der Waals surface area contributed by atoms with Gasteiger partial charge in [0.2, 0.25) is 11.8 Å². The number of aliphatic hydroxyl groups excluding tert-OH is 1. The molecule has 0 aliphatic carbocycles. The minimum atomic E-state index is -0.720. The second-order valence-corrected chi connectivity index (χ2v) is 13.4. The van der Waals surface area contributed by atoms with E-state index in [4.69, 9.17) is 11.6 Å². The number of amides is 3. The van der Waals surface area contributed by atoms with Crippen LogP contribution in [0.1, 0.15) is 25.7 Å². The van der Waals surface area contributed by atoms with E-state index in [1.807, 2.05) is 0 Å². The third kappa shape index (κ3) is 5.07. The van der Waals surface area contributed by atoms with E-state index in [9.17, 15) is 19.5 Å². The molecule has 3 saturated heterocycles. The third-order valence-corrected chi connectivity index (χ3v) is 11.3. The van der Waals surface area contributed by atoms with Crippen LogP contribution in [0.25, 0.3) is 0 Å². The van der Waals surface area contributed by atoms with Gasteiger partial charge in [0.05, 0.1) is 16.6 Å². The topological polar surface area (TPSA) is 81.2 Å². The number of aliphatic hydroxyl groups is 1. The fourth-order valence-electron chi connectivity index (χ4n) is 6.26. The first kappa shape index (κ1) is 29.2. The lowest BCUT2D eigenvalue weighted by molar-refractivity contribution is -0.143. The Hall–Kier alpha value is -1.81. The molecule has 0 aromatic heterocycles. The van der Waals surface area contributed by atoms with Crippen LogP contribution in [0.4, 0.5) is 5.69 Å². The summed E-state index contributed by atoms with van der Waals surface area (Å²) in [6.07, 6.45) is 6.02. The molecule has 1 spiro atoms. The summed E-state index contributed by atoms with van der Waals surface area (Å²) in [7, 11) is 1.73. The maximum Gasteiger partial charge on any atom is 0.251 e. The Balaban J connectivity index is 1.76. The van der Waals surface area contributed by atoms with Crippen molar-refractivity contribution in [2.45, 2.75) is 46.5 Å². The minimum Gasteiger partial charge on any atom is -0.396 e. The van der Waals surface area contributed by atoms with E-state index >= 15 is 0 Å². The second kappa shape index (κ2) is 12.1. The lowest BCUT2D eigenvalue weighted by atomic mass is 9.70. The highest BCUT2D eigenvalue weighted by Gasteiger charge is 2.75. The van der Waals surface area contributed by atoms with E-state index in [1.54, 1.807) is 69.9 Å². The van der Waals surface area contributed by atoms with Crippen LogP contribution in [0.3, 0.4) is 0 Å². The molecule has 7 nitrogen and oxygen atoms in total. The molecule has 1 aromatic rings. The van der Waals surface area contributed by atoms with Gasteiger partial charge in [-0.25, -0.2) is 0 Å². The number of hydrogen-bond donors (Lipinski definition) is 1. The maximum absolute atomic E-state index is 14.5. The van der Waals surface area contributed by atoms with Crippen molar-refractivity contribution in [2.75, 3.05) is 38.2 Å². The molecule has 38 heavy (non-hydrogen) atoms. The van der Waals surface area contributed by atoms with Gasteiger partial charge < -0.3 is 19.8 Å². The van der Waals surface area contributed by atoms with Crippen molar-refractivity contribution in [3.05, 3.63) is 54.6 Å². The predicted molar refractivity (Wildman–Crippen MR) is 157 cm³/mol. The zero-order valence-electron chi connectivity index (χ0n) is 21.6. The maximum atomic E-state index is 14.5. The highest BCUT2D eigenvalue weighted by Crippen LogP contribution is 2.68. The summed E-state index contributed by atoms with van der Waals surface area (Å²) < 4.78 is -0.717. The largest absolute Gasteiger partial charge is 0.396 e. The van der Waals surface area contributed by atoms with E-state index in [0.717, 1.165) is 6.42 Å². The van der Waals surface area contributed by atoms with E-state index in [-0.39, 0.29) is 41.0 Å². The standard InChI is InChI=1S/C28H35BrClN3O4S/c1-4-13-31(3)25(35)21-22-26(36)33(15-7-6-8-16-34)24(28(22)17-20(29)23(21)38-28)27(37)32(14-5-2)19-11-9-18(30)10-12-19/h4-5,9-12,20-24,34H,1-2,6-8,13-17H2,3H3/t20?,21-,22+,23-,24?,28?/m1/s1. The molecule has 4 rings (SSSR count). The number of carbonyl (C=O) groups is 3. The van der Waals surface area contributed by atoms with Crippen LogP contribution in [0.15, 0.2) is 49.6 Å². The summed E-state index contributed by atoms with van der Waals surface area (Å²) in [6.45, 7) is 8.77. The molecule has 1 N–H and O–H groups in total. The van der Waals surface area contributed by atoms with Crippen LogP contribution in [-0.4, -0.2) is 86.8 Å². The quantitative estimate of drug-likeness (QED) is 0.215. The Morgan fingerprint density at radius 2 is 1.87 bits per heavy atom. The van der Waals surface area contributed by atoms with Gasteiger partial charge in [-0.05, 0) is 49.9 Å². The summed E-state index contributed by atoms with van der Waals surface area (Å²) in [6, 6.07) is 6.35. The number of unbranched alkanes of at least 4 members (excludes halogenated alkanes) is 2. The van der Waals surface area contributed by atoms with E-state index in [0.29, 0.717) is 43.1 Å². The molecule has 1 aromatic carbocycles. The SMILES string of the molecule is C=CCN(C)C(=O)[C@H]1[C@@H]2SC3(CC2Br)C(C(=O)N(CC=C)c2ccc(Cl)cc2)N(CCCCCO)C(=O)[C@H]13. The molecule has 3 aliphatic heterocycles. The first-order valence-corrected chi connectivity index (χ1v) is 15.2. The molecule has 3 heterocycles. The molecule has 2 bridgehead atoms.